The van der Waals surface area contributed by atoms with E-state index < -0.39 is 11.7 Å². The summed E-state index contributed by atoms with van der Waals surface area (Å²) >= 11 is 0. The second-order valence-electron chi connectivity index (χ2n) is 5.57. The molecule has 0 bridgehead atoms. The minimum absolute atomic E-state index is 0.372. The van der Waals surface area contributed by atoms with E-state index >= 15 is 0 Å². The van der Waals surface area contributed by atoms with Crippen molar-refractivity contribution >= 4 is 5.69 Å². The zero-order valence-corrected chi connectivity index (χ0v) is 12.0. The maximum Gasteiger partial charge on any atom is 0.123 e. The summed E-state index contributed by atoms with van der Waals surface area (Å²) in [7, 11) is 1.84. The predicted molar refractivity (Wildman–Crippen MR) is 75.3 cm³/mol. The molecule has 1 unspecified atom stereocenters. The Kier molecular flexibility index (Phi) is 4.62. The second-order valence-corrected chi connectivity index (χ2v) is 5.57. The van der Waals surface area contributed by atoms with E-state index in [1.807, 2.05) is 11.9 Å². The number of aliphatic hydroxyl groups excluding tert-OH is 1. The molecule has 0 aromatic heterocycles. The van der Waals surface area contributed by atoms with Gasteiger partial charge >= 0.3 is 0 Å². The highest BCUT2D eigenvalue weighted by molar-refractivity contribution is 5.54. The highest BCUT2D eigenvalue weighted by atomic mass is 19.1. The van der Waals surface area contributed by atoms with Crippen molar-refractivity contribution in [3.8, 4) is 0 Å². The Bertz CT molecular complexity index is 458. The Morgan fingerprint density at radius 3 is 2.65 bits per heavy atom. The molecule has 5 heteroatoms. The fourth-order valence-corrected chi connectivity index (χ4v) is 2.64. The molecule has 1 aliphatic heterocycles. The summed E-state index contributed by atoms with van der Waals surface area (Å²) in [5, 5.41) is 20.3. The van der Waals surface area contributed by atoms with Crippen molar-refractivity contribution in [1.29, 1.82) is 0 Å². The van der Waals surface area contributed by atoms with Crippen LogP contribution in [-0.4, -0.2) is 42.6 Å². The van der Waals surface area contributed by atoms with Gasteiger partial charge in [-0.25, -0.2) is 4.39 Å². The third-order valence-electron chi connectivity index (χ3n) is 3.81. The molecule has 1 heterocycles. The van der Waals surface area contributed by atoms with Crippen LogP contribution in [0.4, 0.5) is 10.1 Å². The number of ether oxygens (including phenoxy) is 1. The van der Waals surface area contributed by atoms with Gasteiger partial charge in [-0.1, -0.05) is 0 Å². The Balaban J connectivity index is 2.18. The number of likely N-dealkylation sites (N-methyl/N-ethyl adjacent to an activating group) is 1. The van der Waals surface area contributed by atoms with Crippen molar-refractivity contribution in [3.05, 3.63) is 29.6 Å². The topological polar surface area (TPSA) is 52.9 Å². The number of benzene rings is 1. The Morgan fingerprint density at radius 2 is 2.05 bits per heavy atom. The molecular formula is C15H22FNO3. The van der Waals surface area contributed by atoms with E-state index in [4.69, 9.17) is 4.74 Å². The molecule has 2 N–H and O–H groups in total. The van der Waals surface area contributed by atoms with Crippen LogP contribution in [0.1, 0.15) is 31.4 Å². The summed E-state index contributed by atoms with van der Waals surface area (Å²) < 4.78 is 18.6. The maximum absolute atomic E-state index is 13.3. The van der Waals surface area contributed by atoms with Gasteiger partial charge in [-0.15, -0.1) is 0 Å². The standard InChI is InChI=1S/C15H22FNO3/c1-11(18)13-9-12(16)3-4-14(13)17(2)10-15(19)5-7-20-8-6-15/h3-4,9,11,18-19H,5-8,10H2,1-2H3. The first-order valence-electron chi connectivity index (χ1n) is 6.90. The molecule has 0 amide bonds. The summed E-state index contributed by atoms with van der Waals surface area (Å²) in [4.78, 5) is 1.87. The average Bonchev–Trinajstić information content (AvgIpc) is 2.38. The van der Waals surface area contributed by atoms with Crippen molar-refractivity contribution in [1.82, 2.24) is 0 Å². The van der Waals surface area contributed by atoms with E-state index in [0.717, 1.165) is 5.69 Å². The summed E-state index contributed by atoms with van der Waals surface area (Å²) in [5.74, 6) is -0.372. The van der Waals surface area contributed by atoms with Gasteiger partial charge in [-0.05, 0) is 25.1 Å². The largest absolute Gasteiger partial charge is 0.389 e. The zero-order valence-electron chi connectivity index (χ0n) is 12.0. The van der Waals surface area contributed by atoms with Crippen LogP contribution in [0.2, 0.25) is 0 Å². The second kappa shape index (κ2) is 6.08. The molecule has 112 valence electrons. The predicted octanol–water partition coefficient (Wildman–Crippen LogP) is 1.86. The molecule has 1 saturated heterocycles. The van der Waals surface area contributed by atoms with Gasteiger partial charge in [0.15, 0.2) is 0 Å². The monoisotopic (exact) mass is 283 g/mol. The van der Waals surface area contributed by atoms with Gasteiger partial charge in [-0.2, -0.15) is 0 Å². The van der Waals surface area contributed by atoms with Crippen LogP contribution < -0.4 is 4.90 Å². The molecule has 2 rings (SSSR count). The first-order valence-corrected chi connectivity index (χ1v) is 6.90. The lowest BCUT2D eigenvalue weighted by Crippen LogP contribution is -2.46. The number of hydrogen-bond donors (Lipinski definition) is 2. The number of anilines is 1. The number of halogens is 1. The zero-order chi connectivity index (χ0) is 14.8. The van der Waals surface area contributed by atoms with E-state index in [2.05, 4.69) is 0 Å². The molecule has 0 radical (unpaired) electrons. The molecule has 0 spiro atoms. The van der Waals surface area contributed by atoms with E-state index in [-0.39, 0.29) is 5.82 Å². The lowest BCUT2D eigenvalue weighted by Gasteiger charge is -2.37. The first-order chi connectivity index (χ1) is 9.41. The average molecular weight is 283 g/mol. The van der Waals surface area contributed by atoms with Crippen molar-refractivity contribution in [3.63, 3.8) is 0 Å². The highest BCUT2D eigenvalue weighted by Crippen LogP contribution is 2.29. The fraction of sp³-hybridized carbons (Fsp3) is 0.600. The van der Waals surface area contributed by atoms with Crippen molar-refractivity contribution < 1.29 is 19.3 Å². The molecule has 0 saturated carbocycles. The quantitative estimate of drug-likeness (QED) is 0.885. The first kappa shape index (κ1) is 15.2. The maximum atomic E-state index is 13.3. The minimum Gasteiger partial charge on any atom is -0.389 e. The van der Waals surface area contributed by atoms with E-state index in [9.17, 15) is 14.6 Å². The SMILES string of the molecule is CC(O)c1cc(F)ccc1N(C)CC1(O)CCOCC1. The van der Waals surface area contributed by atoms with Gasteiger partial charge in [0.05, 0.1) is 11.7 Å². The van der Waals surface area contributed by atoms with Gasteiger partial charge in [0.2, 0.25) is 0 Å². The highest BCUT2D eigenvalue weighted by Gasteiger charge is 2.31. The van der Waals surface area contributed by atoms with Gasteiger partial charge in [-0.3, -0.25) is 0 Å². The van der Waals surface area contributed by atoms with Gasteiger partial charge in [0, 0.05) is 50.9 Å². The molecular weight excluding hydrogens is 261 g/mol. The molecule has 1 aliphatic rings. The van der Waals surface area contributed by atoms with Crippen LogP contribution in [0.3, 0.4) is 0 Å². The Labute approximate surface area is 118 Å². The Morgan fingerprint density at radius 1 is 1.40 bits per heavy atom. The van der Waals surface area contributed by atoms with Crippen LogP contribution in [0, 0.1) is 5.82 Å². The third-order valence-corrected chi connectivity index (χ3v) is 3.81. The van der Waals surface area contributed by atoms with E-state index in [1.165, 1.54) is 12.1 Å². The van der Waals surface area contributed by atoms with Gasteiger partial charge in [0.1, 0.15) is 5.82 Å². The van der Waals surface area contributed by atoms with Gasteiger partial charge in [0.25, 0.3) is 0 Å². The summed E-state index contributed by atoms with van der Waals surface area (Å²) in [6.45, 7) is 3.14. The number of aliphatic hydroxyl groups is 2. The number of nitrogens with zero attached hydrogens (tertiary/aromatic N) is 1. The van der Waals surface area contributed by atoms with Crippen LogP contribution in [0.15, 0.2) is 18.2 Å². The molecule has 1 fully saturated rings. The third kappa shape index (κ3) is 3.48. The number of rotatable bonds is 4. The van der Waals surface area contributed by atoms with Crippen LogP contribution >= 0.6 is 0 Å². The molecule has 1 atom stereocenters. The fourth-order valence-electron chi connectivity index (χ4n) is 2.64. The summed E-state index contributed by atoms with van der Waals surface area (Å²) in [6.07, 6.45) is 0.415. The van der Waals surface area contributed by atoms with Crippen LogP contribution in [-0.2, 0) is 4.74 Å². The smallest absolute Gasteiger partial charge is 0.123 e. The molecule has 4 nitrogen and oxygen atoms in total. The molecule has 20 heavy (non-hydrogen) atoms. The van der Waals surface area contributed by atoms with E-state index in [0.29, 0.717) is 38.2 Å². The normalized spacial score (nSPS) is 19.6. The molecule has 1 aromatic carbocycles. The minimum atomic E-state index is -0.794. The van der Waals surface area contributed by atoms with Crippen LogP contribution in [0.5, 0.6) is 0 Å². The van der Waals surface area contributed by atoms with Crippen LogP contribution in [0.25, 0.3) is 0 Å². The lowest BCUT2D eigenvalue weighted by molar-refractivity contribution is -0.0573. The van der Waals surface area contributed by atoms with Crippen molar-refractivity contribution in [2.75, 3.05) is 31.7 Å². The lowest BCUT2D eigenvalue weighted by atomic mass is 9.93. The molecule has 0 aliphatic carbocycles. The van der Waals surface area contributed by atoms with Crippen molar-refractivity contribution in [2.45, 2.75) is 31.5 Å². The van der Waals surface area contributed by atoms with Gasteiger partial charge < -0.3 is 19.8 Å². The van der Waals surface area contributed by atoms with E-state index in [1.54, 1.807) is 13.0 Å². The summed E-state index contributed by atoms with van der Waals surface area (Å²) in [5.41, 5.74) is 0.474. The Hall–Kier alpha value is -1.17. The number of hydrogen-bond acceptors (Lipinski definition) is 4. The molecule has 1 aromatic rings. The summed E-state index contributed by atoms with van der Waals surface area (Å²) in [6, 6.07) is 4.34. The van der Waals surface area contributed by atoms with Crippen molar-refractivity contribution in [2.24, 2.45) is 0 Å².